The number of ether oxygens (including phenoxy) is 1. The number of nitrogens with one attached hydrogen (secondary N) is 1. The van der Waals surface area contributed by atoms with Crippen molar-refractivity contribution in [3.63, 3.8) is 0 Å². The standard InChI is InChI=1S/C15H25N3OS.ClH/c1-5-18(6-2)11-12-19-15(20)16-13-7-9-14(10-8-13)17(3)4;/h7-10H,5-6,11-12H2,1-4H3,(H,16,20);1H. The molecule has 0 saturated heterocycles. The molecular weight excluding hydrogens is 306 g/mol. The SMILES string of the molecule is CCN(CC)CCOC(=S)Nc1ccc(N(C)C)cc1.Cl. The Balaban J connectivity index is 0.00000400. The smallest absolute Gasteiger partial charge is 0.261 e. The van der Waals surface area contributed by atoms with Crippen molar-refractivity contribution >= 4 is 41.2 Å². The minimum atomic E-state index is 0. The van der Waals surface area contributed by atoms with Crippen LogP contribution in [0.2, 0.25) is 0 Å². The van der Waals surface area contributed by atoms with Crippen molar-refractivity contribution < 1.29 is 4.74 Å². The highest BCUT2D eigenvalue weighted by molar-refractivity contribution is 7.80. The molecule has 0 aliphatic rings. The number of nitrogens with zero attached hydrogens (tertiary/aromatic N) is 2. The number of hydrogen-bond acceptors (Lipinski definition) is 4. The van der Waals surface area contributed by atoms with E-state index in [-0.39, 0.29) is 12.4 Å². The Morgan fingerprint density at radius 1 is 1.14 bits per heavy atom. The maximum absolute atomic E-state index is 5.53. The number of likely N-dealkylation sites (N-methyl/N-ethyl adjacent to an activating group) is 1. The van der Waals surface area contributed by atoms with E-state index in [0.717, 1.165) is 31.0 Å². The normalized spacial score (nSPS) is 9.95. The van der Waals surface area contributed by atoms with Crippen LogP contribution < -0.4 is 10.2 Å². The lowest BCUT2D eigenvalue weighted by atomic mass is 10.2. The average Bonchev–Trinajstić information content (AvgIpc) is 2.44. The Kier molecular flexibility index (Phi) is 10.1. The van der Waals surface area contributed by atoms with E-state index in [2.05, 4.69) is 29.0 Å². The van der Waals surface area contributed by atoms with E-state index < -0.39 is 0 Å². The van der Waals surface area contributed by atoms with E-state index in [4.69, 9.17) is 17.0 Å². The van der Waals surface area contributed by atoms with Gasteiger partial charge in [0.15, 0.2) is 0 Å². The van der Waals surface area contributed by atoms with Crippen LogP contribution in [0.25, 0.3) is 0 Å². The summed E-state index contributed by atoms with van der Waals surface area (Å²) in [5, 5.41) is 3.52. The highest BCUT2D eigenvalue weighted by atomic mass is 35.5. The fraction of sp³-hybridized carbons (Fsp3) is 0.533. The molecule has 0 unspecified atom stereocenters. The summed E-state index contributed by atoms with van der Waals surface area (Å²) in [6.07, 6.45) is 0. The molecule has 0 amide bonds. The maximum Gasteiger partial charge on any atom is 0.261 e. The highest BCUT2D eigenvalue weighted by Gasteiger charge is 2.02. The third-order valence-electron chi connectivity index (χ3n) is 3.17. The predicted octanol–water partition coefficient (Wildman–Crippen LogP) is 3.23. The van der Waals surface area contributed by atoms with Gasteiger partial charge in [-0.05, 0) is 49.6 Å². The Hall–Kier alpha value is -1.04. The highest BCUT2D eigenvalue weighted by Crippen LogP contribution is 2.15. The molecule has 0 aromatic heterocycles. The van der Waals surface area contributed by atoms with Gasteiger partial charge in [-0.15, -0.1) is 12.4 Å². The van der Waals surface area contributed by atoms with Crippen molar-refractivity contribution in [3.05, 3.63) is 24.3 Å². The predicted molar refractivity (Wildman–Crippen MR) is 98.0 cm³/mol. The molecule has 0 saturated carbocycles. The number of thiocarbonyl (C=S) groups is 1. The van der Waals surface area contributed by atoms with E-state index in [0.29, 0.717) is 11.8 Å². The van der Waals surface area contributed by atoms with Crippen LogP contribution in [0.5, 0.6) is 0 Å². The molecule has 0 atom stereocenters. The fourth-order valence-corrected chi connectivity index (χ4v) is 2.01. The average molecular weight is 332 g/mol. The van der Waals surface area contributed by atoms with Gasteiger partial charge in [-0.25, -0.2) is 0 Å². The minimum absolute atomic E-state index is 0. The summed E-state index contributed by atoms with van der Waals surface area (Å²) in [6, 6.07) is 8.08. The Labute approximate surface area is 139 Å². The van der Waals surface area contributed by atoms with Gasteiger partial charge in [0.25, 0.3) is 5.17 Å². The van der Waals surface area contributed by atoms with Crippen molar-refractivity contribution in [2.24, 2.45) is 0 Å². The zero-order valence-electron chi connectivity index (χ0n) is 13.3. The molecule has 0 fully saturated rings. The lowest BCUT2D eigenvalue weighted by molar-refractivity contribution is 0.218. The van der Waals surface area contributed by atoms with Crippen molar-refractivity contribution in [1.29, 1.82) is 0 Å². The summed E-state index contributed by atoms with van der Waals surface area (Å²) in [6.45, 7) is 7.87. The van der Waals surface area contributed by atoms with E-state index in [1.165, 1.54) is 0 Å². The Bertz CT molecular complexity index is 408. The van der Waals surface area contributed by atoms with Crippen LogP contribution >= 0.6 is 24.6 Å². The van der Waals surface area contributed by atoms with Gasteiger partial charge in [0, 0.05) is 32.0 Å². The third-order valence-corrected chi connectivity index (χ3v) is 3.39. The van der Waals surface area contributed by atoms with Gasteiger partial charge in [0.1, 0.15) is 6.61 Å². The number of rotatable bonds is 7. The van der Waals surface area contributed by atoms with Gasteiger partial charge in [-0.3, -0.25) is 0 Å². The van der Waals surface area contributed by atoms with Crippen LogP contribution in [0.3, 0.4) is 0 Å². The first kappa shape index (κ1) is 20.0. The molecule has 1 N–H and O–H groups in total. The summed E-state index contributed by atoms with van der Waals surface area (Å²) >= 11 is 5.18. The van der Waals surface area contributed by atoms with E-state index in [1.807, 2.05) is 38.4 Å². The van der Waals surface area contributed by atoms with Gasteiger partial charge < -0.3 is 19.9 Å². The molecule has 0 heterocycles. The van der Waals surface area contributed by atoms with Crippen LogP contribution in [-0.4, -0.2) is 50.4 Å². The van der Waals surface area contributed by atoms with Crippen LogP contribution in [-0.2, 0) is 4.74 Å². The van der Waals surface area contributed by atoms with Crippen LogP contribution in [0.4, 0.5) is 11.4 Å². The van der Waals surface area contributed by atoms with Crippen molar-refractivity contribution in [1.82, 2.24) is 4.90 Å². The summed E-state index contributed by atoms with van der Waals surface area (Å²) in [5.74, 6) is 0. The second kappa shape index (κ2) is 10.7. The van der Waals surface area contributed by atoms with E-state index >= 15 is 0 Å². The number of hydrogen-bond donors (Lipinski definition) is 1. The summed E-state index contributed by atoms with van der Waals surface area (Å²) in [7, 11) is 4.03. The third kappa shape index (κ3) is 7.50. The molecule has 0 spiro atoms. The number of benzene rings is 1. The summed E-state index contributed by atoms with van der Waals surface area (Å²) in [5.41, 5.74) is 2.10. The number of anilines is 2. The lowest BCUT2D eigenvalue weighted by Gasteiger charge is -2.18. The molecule has 6 heteroatoms. The molecule has 0 aliphatic heterocycles. The molecule has 0 aliphatic carbocycles. The quantitative estimate of drug-likeness (QED) is 0.774. The van der Waals surface area contributed by atoms with Gasteiger partial charge in [-0.1, -0.05) is 13.8 Å². The minimum Gasteiger partial charge on any atom is -0.469 e. The van der Waals surface area contributed by atoms with E-state index in [9.17, 15) is 0 Å². The van der Waals surface area contributed by atoms with Crippen LogP contribution in [0, 0.1) is 0 Å². The first-order valence-corrected chi connectivity index (χ1v) is 7.41. The zero-order chi connectivity index (χ0) is 15.0. The van der Waals surface area contributed by atoms with Gasteiger partial charge >= 0.3 is 0 Å². The van der Waals surface area contributed by atoms with Gasteiger partial charge in [0.05, 0.1) is 0 Å². The Morgan fingerprint density at radius 2 is 1.71 bits per heavy atom. The molecule has 1 rings (SSSR count). The number of halogens is 1. The molecular formula is C15H26ClN3OS. The fourth-order valence-electron chi connectivity index (χ4n) is 1.80. The maximum atomic E-state index is 5.53. The summed E-state index contributed by atoms with van der Waals surface area (Å²) < 4.78 is 5.53. The molecule has 0 radical (unpaired) electrons. The second-order valence-corrected chi connectivity index (χ2v) is 5.10. The Morgan fingerprint density at radius 3 is 2.19 bits per heavy atom. The van der Waals surface area contributed by atoms with Gasteiger partial charge in [0.2, 0.25) is 0 Å². The van der Waals surface area contributed by atoms with Crippen molar-refractivity contribution in [3.8, 4) is 0 Å². The molecule has 21 heavy (non-hydrogen) atoms. The molecule has 4 nitrogen and oxygen atoms in total. The monoisotopic (exact) mass is 331 g/mol. The molecule has 120 valence electrons. The largest absolute Gasteiger partial charge is 0.469 e. The van der Waals surface area contributed by atoms with Crippen LogP contribution in [0.1, 0.15) is 13.8 Å². The van der Waals surface area contributed by atoms with Gasteiger partial charge in [-0.2, -0.15) is 0 Å². The molecule has 1 aromatic carbocycles. The van der Waals surface area contributed by atoms with Crippen molar-refractivity contribution in [2.75, 3.05) is 50.6 Å². The second-order valence-electron chi connectivity index (χ2n) is 4.73. The van der Waals surface area contributed by atoms with Crippen molar-refractivity contribution in [2.45, 2.75) is 13.8 Å². The van der Waals surface area contributed by atoms with Crippen LogP contribution in [0.15, 0.2) is 24.3 Å². The molecule has 1 aromatic rings. The van der Waals surface area contributed by atoms with E-state index in [1.54, 1.807) is 0 Å². The zero-order valence-corrected chi connectivity index (χ0v) is 14.9. The summed E-state index contributed by atoms with van der Waals surface area (Å²) in [4.78, 5) is 4.36. The lowest BCUT2D eigenvalue weighted by Crippen LogP contribution is -2.28. The first-order valence-electron chi connectivity index (χ1n) is 7.00. The first-order chi connectivity index (χ1) is 9.56. The molecule has 0 bridgehead atoms. The topological polar surface area (TPSA) is 27.7 Å².